The van der Waals surface area contributed by atoms with Gasteiger partial charge in [0, 0.05) is 0 Å². The molecule has 0 aliphatic heterocycles. The van der Waals surface area contributed by atoms with Crippen LogP contribution in [0.4, 0.5) is 4.39 Å². The SMILES string of the molecule is C=C(N=C=O)/C(C(=O)OC)=C(C)\C=C/CF. The molecule has 0 heterocycles. The number of halogens is 1. The van der Waals surface area contributed by atoms with Crippen LogP contribution < -0.4 is 0 Å². The normalized spacial score (nSPS) is 11.7. The third-order valence-corrected chi connectivity index (χ3v) is 1.71. The van der Waals surface area contributed by atoms with Crippen molar-refractivity contribution in [2.75, 3.05) is 13.8 Å². The van der Waals surface area contributed by atoms with Crippen LogP contribution in [0.25, 0.3) is 0 Å². The molecule has 0 spiro atoms. The Hall–Kier alpha value is -2.00. The summed E-state index contributed by atoms with van der Waals surface area (Å²) >= 11 is 0. The van der Waals surface area contributed by atoms with E-state index in [-0.39, 0.29) is 11.3 Å². The number of rotatable bonds is 5. The molecule has 0 bridgehead atoms. The first kappa shape index (κ1) is 14.0. The molecule has 86 valence electrons. The number of esters is 1. The molecule has 0 aliphatic carbocycles. The quantitative estimate of drug-likeness (QED) is 0.236. The first-order valence-corrected chi connectivity index (χ1v) is 4.37. The summed E-state index contributed by atoms with van der Waals surface area (Å²) in [5.41, 5.74) is 0.368. The number of methoxy groups -OCH3 is 1. The second kappa shape index (κ2) is 7.31. The van der Waals surface area contributed by atoms with Crippen LogP contribution in [0.2, 0.25) is 0 Å². The van der Waals surface area contributed by atoms with E-state index in [1.165, 1.54) is 25.3 Å². The molecule has 5 heteroatoms. The van der Waals surface area contributed by atoms with Gasteiger partial charge in [0.1, 0.15) is 6.67 Å². The third-order valence-electron chi connectivity index (χ3n) is 1.71. The number of nitrogens with zero attached hydrogens (tertiary/aromatic N) is 1. The Morgan fingerprint density at radius 3 is 2.69 bits per heavy atom. The summed E-state index contributed by atoms with van der Waals surface area (Å²) in [5, 5.41) is 0. The van der Waals surface area contributed by atoms with Crippen molar-refractivity contribution in [1.29, 1.82) is 0 Å². The van der Waals surface area contributed by atoms with Crippen molar-refractivity contribution in [3.05, 3.63) is 35.6 Å². The minimum Gasteiger partial charge on any atom is -0.465 e. The number of alkyl halides is 1. The zero-order valence-electron chi connectivity index (χ0n) is 9.12. The molecule has 0 aromatic rings. The Bertz CT molecular complexity index is 390. The summed E-state index contributed by atoms with van der Waals surface area (Å²) in [4.78, 5) is 24.7. The maximum atomic E-state index is 11.9. The number of carbonyl (C=O) groups is 1. The van der Waals surface area contributed by atoms with Gasteiger partial charge in [0.2, 0.25) is 6.08 Å². The second-order valence-corrected chi connectivity index (χ2v) is 2.76. The highest BCUT2D eigenvalue weighted by atomic mass is 19.1. The summed E-state index contributed by atoms with van der Waals surface area (Å²) in [6.07, 6.45) is 3.88. The van der Waals surface area contributed by atoms with E-state index < -0.39 is 12.6 Å². The molecule has 4 nitrogen and oxygen atoms in total. The lowest BCUT2D eigenvalue weighted by atomic mass is 10.1. The summed E-state index contributed by atoms with van der Waals surface area (Å²) in [7, 11) is 1.19. The largest absolute Gasteiger partial charge is 0.465 e. The fourth-order valence-electron chi connectivity index (χ4n) is 1.02. The van der Waals surface area contributed by atoms with Crippen LogP contribution in [0.3, 0.4) is 0 Å². The fourth-order valence-corrected chi connectivity index (χ4v) is 1.02. The van der Waals surface area contributed by atoms with Crippen molar-refractivity contribution < 1.29 is 18.7 Å². The molecule has 0 aromatic heterocycles. The fraction of sp³-hybridized carbons (Fsp3) is 0.273. The van der Waals surface area contributed by atoms with Crippen molar-refractivity contribution in [2.24, 2.45) is 4.99 Å². The van der Waals surface area contributed by atoms with E-state index >= 15 is 0 Å². The molecule has 0 unspecified atom stereocenters. The maximum Gasteiger partial charge on any atom is 0.340 e. The highest BCUT2D eigenvalue weighted by molar-refractivity contribution is 5.94. The van der Waals surface area contributed by atoms with Gasteiger partial charge in [0.05, 0.1) is 18.4 Å². The number of aliphatic imine (C=N–C) groups is 1. The van der Waals surface area contributed by atoms with E-state index in [0.29, 0.717) is 5.57 Å². The van der Waals surface area contributed by atoms with E-state index in [4.69, 9.17) is 0 Å². The van der Waals surface area contributed by atoms with Gasteiger partial charge in [-0.2, -0.15) is 4.99 Å². The van der Waals surface area contributed by atoms with Crippen LogP contribution in [0.15, 0.2) is 40.6 Å². The molecule has 16 heavy (non-hydrogen) atoms. The highest BCUT2D eigenvalue weighted by Gasteiger charge is 2.15. The molecule has 0 rings (SSSR count). The number of allylic oxidation sites excluding steroid dienone is 3. The smallest absolute Gasteiger partial charge is 0.340 e. The first-order valence-electron chi connectivity index (χ1n) is 4.37. The van der Waals surface area contributed by atoms with Crippen LogP contribution in [0.1, 0.15) is 6.92 Å². The topological polar surface area (TPSA) is 55.7 Å². The van der Waals surface area contributed by atoms with Crippen molar-refractivity contribution in [1.82, 2.24) is 0 Å². The van der Waals surface area contributed by atoms with Crippen LogP contribution in [0.5, 0.6) is 0 Å². The van der Waals surface area contributed by atoms with Crippen LogP contribution in [-0.2, 0) is 14.3 Å². The lowest BCUT2D eigenvalue weighted by Gasteiger charge is -2.05. The van der Waals surface area contributed by atoms with Crippen LogP contribution in [-0.4, -0.2) is 25.8 Å². The summed E-state index contributed by atoms with van der Waals surface area (Å²) < 4.78 is 16.4. The Kier molecular flexibility index (Phi) is 6.40. The number of hydrogen-bond donors (Lipinski definition) is 0. The average Bonchev–Trinajstić information content (AvgIpc) is 2.26. The Balaban J connectivity index is 5.38. The average molecular weight is 225 g/mol. The zero-order valence-corrected chi connectivity index (χ0v) is 9.12. The highest BCUT2D eigenvalue weighted by Crippen LogP contribution is 2.16. The van der Waals surface area contributed by atoms with Gasteiger partial charge in [-0.05, 0) is 12.5 Å². The molecule has 0 aromatic carbocycles. The minimum atomic E-state index is -0.690. The van der Waals surface area contributed by atoms with Crippen molar-refractivity contribution in [2.45, 2.75) is 6.92 Å². The van der Waals surface area contributed by atoms with Gasteiger partial charge in [-0.3, -0.25) is 0 Å². The van der Waals surface area contributed by atoms with Crippen LogP contribution in [0, 0.1) is 0 Å². The van der Waals surface area contributed by atoms with Crippen LogP contribution >= 0.6 is 0 Å². The standard InChI is InChI=1S/C11H12FNO3/c1-8(5-4-6-12)10(11(15)16-3)9(2)13-7-14/h4-5H,2,6H2,1,3H3/b5-4-,10-8+. The van der Waals surface area contributed by atoms with E-state index in [1.54, 1.807) is 6.92 Å². The first-order chi connectivity index (χ1) is 7.58. The molecule has 0 saturated carbocycles. The Labute approximate surface area is 92.8 Å². The predicted molar refractivity (Wildman–Crippen MR) is 57.1 cm³/mol. The monoisotopic (exact) mass is 225 g/mol. The minimum absolute atomic E-state index is 0.0237. The number of ether oxygens (including phenoxy) is 1. The number of carbonyl (C=O) groups excluding carboxylic acids is 2. The molecule has 0 aliphatic rings. The lowest BCUT2D eigenvalue weighted by molar-refractivity contribution is -0.135. The van der Waals surface area contributed by atoms with E-state index in [1.807, 2.05) is 0 Å². The van der Waals surface area contributed by atoms with Crippen molar-refractivity contribution in [3.63, 3.8) is 0 Å². The maximum absolute atomic E-state index is 11.9. The molecule has 0 atom stereocenters. The summed E-state index contributed by atoms with van der Waals surface area (Å²) in [6, 6.07) is 0. The van der Waals surface area contributed by atoms with Gasteiger partial charge in [0.15, 0.2) is 0 Å². The van der Waals surface area contributed by atoms with Gasteiger partial charge in [0.25, 0.3) is 0 Å². The van der Waals surface area contributed by atoms with Gasteiger partial charge in [-0.25, -0.2) is 14.0 Å². The summed E-state index contributed by atoms with van der Waals surface area (Å²) in [6.45, 7) is 4.33. The van der Waals surface area contributed by atoms with Gasteiger partial charge in [-0.1, -0.05) is 18.7 Å². The summed E-state index contributed by atoms with van der Waals surface area (Å²) in [5.74, 6) is -0.690. The second-order valence-electron chi connectivity index (χ2n) is 2.76. The predicted octanol–water partition coefficient (Wildman–Crippen LogP) is 1.85. The van der Waals surface area contributed by atoms with Gasteiger partial charge in [-0.15, -0.1) is 0 Å². The molecule has 0 radical (unpaired) electrons. The molecule has 0 amide bonds. The molecular formula is C11H12FNO3. The number of isocyanates is 1. The molecule has 0 N–H and O–H groups in total. The van der Waals surface area contributed by atoms with Crippen molar-refractivity contribution >= 4 is 12.0 Å². The van der Waals surface area contributed by atoms with E-state index in [0.717, 1.165) is 0 Å². The number of hydrogen-bond acceptors (Lipinski definition) is 4. The Morgan fingerprint density at radius 1 is 1.62 bits per heavy atom. The lowest BCUT2D eigenvalue weighted by Crippen LogP contribution is -2.08. The van der Waals surface area contributed by atoms with Crippen molar-refractivity contribution in [3.8, 4) is 0 Å². The molecular weight excluding hydrogens is 213 g/mol. The molecule has 0 fully saturated rings. The van der Waals surface area contributed by atoms with Gasteiger partial charge >= 0.3 is 5.97 Å². The van der Waals surface area contributed by atoms with E-state index in [2.05, 4.69) is 16.3 Å². The van der Waals surface area contributed by atoms with Gasteiger partial charge < -0.3 is 4.74 Å². The Morgan fingerprint density at radius 2 is 2.25 bits per heavy atom. The zero-order chi connectivity index (χ0) is 12.6. The third kappa shape index (κ3) is 4.02. The van der Waals surface area contributed by atoms with E-state index in [9.17, 15) is 14.0 Å². The molecule has 0 saturated heterocycles.